The van der Waals surface area contributed by atoms with Crippen molar-refractivity contribution in [2.45, 2.75) is 0 Å². The standard InChI is InChI=1S/C52H35N/c1-2-17-37(18-3-1)42-32-33-52(47-26-11-10-24-45(42)47)53(50-28-14-12-22-43(50)40-31-30-36-16-4-5-19-38(36)34-40)51-29-15-13-27-48(51)49-35-39-20-6-7-21-41(39)44-23-8-9-25-46(44)49/h1-35H. The van der Waals surface area contributed by atoms with E-state index in [1.54, 1.807) is 0 Å². The Morgan fingerprint density at radius 3 is 1.55 bits per heavy atom. The van der Waals surface area contributed by atoms with Gasteiger partial charge in [0.25, 0.3) is 0 Å². The Labute approximate surface area is 309 Å². The van der Waals surface area contributed by atoms with Crippen LogP contribution in [0, 0.1) is 0 Å². The van der Waals surface area contributed by atoms with E-state index < -0.39 is 0 Å². The third-order valence-electron chi connectivity index (χ3n) is 10.6. The molecule has 10 aromatic rings. The van der Waals surface area contributed by atoms with Crippen LogP contribution in [0.1, 0.15) is 0 Å². The van der Waals surface area contributed by atoms with Crippen molar-refractivity contribution in [3.8, 4) is 33.4 Å². The van der Waals surface area contributed by atoms with Crippen LogP contribution in [0.4, 0.5) is 17.1 Å². The van der Waals surface area contributed by atoms with Crippen LogP contribution in [-0.2, 0) is 0 Å². The minimum Gasteiger partial charge on any atom is -0.309 e. The van der Waals surface area contributed by atoms with Gasteiger partial charge in [0, 0.05) is 16.5 Å². The van der Waals surface area contributed by atoms with E-state index in [0.29, 0.717) is 0 Å². The van der Waals surface area contributed by atoms with Crippen LogP contribution in [0.5, 0.6) is 0 Å². The minimum atomic E-state index is 1.12. The summed E-state index contributed by atoms with van der Waals surface area (Å²) in [6, 6.07) is 77.4. The summed E-state index contributed by atoms with van der Waals surface area (Å²) in [4.78, 5) is 2.50. The summed E-state index contributed by atoms with van der Waals surface area (Å²) in [6.07, 6.45) is 0. The molecule has 0 N–H and O–H groups in total. The van der Waals surface area contributed by atoms with Crippen LogP contribution >= 0.6 is 0 Å². The van der Waals surface area contributed by atoms with Crippen molar-refractivity contribution in [3.63, 3.8) is 0 Å². The van der Waals surface area contributed by atoms with E-state index in [9.17, 15) is 0 Å². The number of fused-ring (bicyclic) bond motifs is 5. The molecule has 248 valence electrons. The molecule has 0 aliphatic carbocycles. The number of benzene rings is 10. The quantitative estimate of drug-likeness (QED) is 0.159. The summed E-state index contributed by atoms with van der Waals surface area (Å²) < 4.78 is 0. The van der Waals surface area contributed by atoms with Gasteiger partial charge in [-0.2, -0.15) is 0 Å². The fourth-order valence-corrected chi connectivity index (χ4v) is 8.18. The van der Waals surface area contributed by atoms with Crippen molar-refractivity contribution in [2.75, 3.05) is 4.90 Å². The molecule has 0 heterocycles. The van der Waals surface area contributed by atoms with E-state index in [1.165, 1.54) is 76.5 Å². The number of hydrogen-bond acceptors (Lipinski definition) is 1. The first-order valence-corrected chi connectivity index (χ1v) is 18.3. The molecule has 53 heavy (non-hydrogen) atoms. The van der Waals surface area contributed by atoms with Gasteiger partial charge in [-0.15, -0.1) is 0 Å². The maximum Gasteiger partial charge on any atom is 0.0540 e. The van der Waals surface area contributed by atoms with Crippen LogP contribution in [0.2, 0.25) is 0 Å². The molecule has 0 unspecified atom stereocenters. The van der Waals surface area contributed by atoms with Crippen molar-refractivity contribution in [2.24, 2.45) is 0 Å². The van der Waals surface area contributed by atoms with E-state index >= 15 is 0 Å². The number of para-hydroxylation sites is 2. The third kappa shape index (κ3) is 5.34. The predicted octanol–water partition coefficient (Wildman–Crippen LogP) is 14.8. The Balaban J connectivity index is 1.29. The Morgan fingerprint density at radius 1 is 0.226 bits per heavy atom. The van der Waals surface area contributed by atoms with Gasteiger partial charge in [0.2, 0.25) is 0 Å². The fourth-order valence-electron chi connectivity index (χ4n) is 8.18. The zero-order valence-electron chi connectivity index (χ0n) is 29.2. The third-order valence-corrected chi connectivity index (χ3v) is 10.6. The Bertz CT molecular complexity index is 2960. The molecule has 10 rings (SSSR count). The molecule has 0 saturated heterocycles. The van der Waals surface area contributed by atoms with Crippen molar-refractivity contribution < 1.29 is 0 Å². The largest absolute Gasteiger partial charge is 0.309 e. The lowest BCUT2D eigenvalue weighted by Crippen LogP contribution is -2.13. The lowest BCUT2D eigenvalue weighted by atomic mass is 9.91. The molecule has 0 aliphatic rings. The van der Waals surface area contributed by atoms with E-state index in [0.717, 1.165) is 17.1 Å². The minimum absolute atomic E-state index is 1.12. The monoisotopic (exact) mass is 673 g/mol. The zero-order chi connectivity index (χ0) is 35.1. The first kappa shape index (κ1) is 30.8. The molecule has 1 nitrogen and oxygen atoms in total. The summed E-state index contributed by atoms with van der Waals surface area (Å²) in [5.41, 5.74) is 10.6. The van der Waals surface area contributed by atoms with Crippen molar-refractivity contribution in [1.29, 1.82) is 0 Å². The van der Waals surface area contributed by atoms with E-state index in [2.05, 4.69) is 217 Å². The van der Waals surface area contributed by atoms with Crippen LogP contribution < -0.4 is 4.90 Å². The topological polar surface area (TPSA) is 3.24 Å². The fraction of sp³-hybridized carbons (Fsp3) is 0. The normalized spacial score (nSPS) is 11.4. The molecule has 0 aliphatic heterocycles. The zero-order valence-corrected chi connectivity index (χ0v) is 29.2. The molecule has 0 radical (unpaired) electrons. The van der Waals surface area contributed by atoms with Gasteiger partial charge in [0.15, 0.2) is 0 Å². The van der Waals surface area contributed by atoms with Crippen LogP contribution in [-0.4, -0.2) is 0 Å². The Hall–Kier alpha value is -6.96. The summed E-state index contributed by atoms with van der Waals surface area (Å²) in [5.74, 6) is 0. The molecule has 10 aromatic carbocycles. The summed E-state index contributed by atoms with van der Waals surface area (Å²) in [6.45, 7) is 0. The average molecular weight is 674 g/mol. The van der Waals surface area contributed by atoms with Gasteiger partial charge in [-0.25, -0.2) is 0 Å². The number of rotatable bonds is 6. The summed E-state index contributed by atoms with van der Waals surface area (Å²) in [5, 5.41) is 9.89. The van der Waals surface area contributed by atoms with Gasteiger partial charge in [0.05, 0.1) is 17.1 Å². The van der Waals surface area contributed by atoms with Crippen LogP contribution in [0.15, 0.2) is 212 Å². The highest BCUT2D eigenvalue weighted by Gasteiger charge is 2.24. The lowest BCUT2D eigenvalue weighted by Gasteiger charge is -2.31. The molecular weight excluding hydrogens is 639 g/mol. The highest BCUT2D eigenvalue weighted by Crippen LogP contribution is 2.49. The van der Waals surface area contributed by atoms with E-state index in [1.807, 2.05) is 0 Å². The second-order valence-corrected chi connectivity index (χ2v) is 13.7. The van der Waals surface area contributed by atoms with Gasteiger partial charge < -0.3 is 4.90 Å². The van der Waals surface area contributed by atoms with E-state index in [4.69, 9.17) is 0 Å². The molecule has 0 aromatic heterocycles. The van der Waals surface area contributed by atoms with Crippen LogP contribution in [0.3, 0.4) is 0 Å². The molecule has 0 spiro atoms. The Morgan fingerprint density at radius 2 is 0.774 bits per heavy atom. The number of hydrogen-bond donors (Lipinski definition) is 0. The summed E-state index contributed by atoms with van der Waals surface area (Å²) in [7, 11) is 0. The molecule has 0 saturated carbocycles. The molecule has 0 fully saturated rings. The smallest absolute Gasteiger partial charge is 0.0540 e. The highest BCUT2D eigenvalue weighted by molar-refractivity contribution is 6.16. The van der Waals surface area contributed by atoms with Gasteiger partial charge in [-0.1, -0.05) is 182 Å². The van der Waals surface area contributed by atoms with Crippen molar-refractivity contribution in [1.82, 2.24) is 0 Å². The SMILES string of the molecule is c1ccc(-c2ccc(N(c3ccccc3-c3ccc4ccccc4c3)c3ccccc3-c3cc4ccccc4c4ccccc34)c3ccccc23)cc1. The average Bonchev–Trinajstić information content (AvgIpc) is 3.24. The maximum atomic E-state index is 2.50. The number of nitrogens with zero attached hydrogens (tertiary/aromatic N) is 1. The molecule has 0 bridgehead atoms. The molecule has 0 atom stereocenters. The first-order chi connectivity index (χ1) is 26.3. The van der Waals surface area contributed by atoms with E-state index in [-0.39, 0.29) is 0 Å². The molecule has 0 amide bonds. The van der Waals surface area contributed by atoms with Gasteiger partial charge in [-0.3, -0.25) is 0 Å². The second kappa shape index (κ2) is 13.0. The second-order valence-electron chi connectivity index (χ2n) is 13.7. The van der Waals surface area contributed by atoms with Crippen molar-refractivity contribution in [3.05, 3.63) is 212 Å². The maximum absolute atomic E-state index is 2.50. The number of anilines is 3. The van der Waals surface area contributed by atoms with Crippen molar-refractivity contribution >= 4 is 60.2 Å². The highest BCUT2D eigenvalue weighted by atomic mass is 15.1. The first-order valence-electron chi connectivity index (χ1n) is 18.3. The van der Waals surface area contributed by atoms with Gasteiger partial charge in [-0.05, 0) is 90.3 Å². The molecular formula is C52H35N. The lowest BCUT2D eigenvalue weighted by molar-refractivity contribution is 1.30. The predicted molar refractivity (Wildman–Crippen MR) is 227 cm³/mol. The van der Waals surface area contributed by atoms with Gasteiger partial charge >= 0.3 is 0 Å². The van der Waals surface area contributed by atoms with Crippen LogP contribution in [0.25, 0.3) is 76.5 Å². The Kier molecular flexibility index (Phi) is 7.55. The van der Waals surface area contributed by atoms with Gasteiger partial charge in [0.1, 0.15) is 0 Å². The molecule has 1 heteroatoms. The summed E-state index contributed by atoms with van der Waals surface area (Å²) >= 11 is 0.